The molecule has 32 heavy (non-hydrogen) atoms. The first-order valence-electron chi connectivity index (χ1n) is 11.0. The van der Waals surface area contributed by atoms with Crippen LogP contribution in [0.5, 0.6) is 0 Å². The van der Waals surface area contributed by atoms with E-state index in [1.807, 2.05) is 30.3 Å². The number of carbonyl (C=O) groups is 3. The Morgan fingerprint density at radius 3 is 2.56 bits per heavy atom. The molecule has 8 nitrogen and oxygen atoms in total. The predicted octanol–water partition coefficient (Wildman–Crippen LogP) is 3.91. The van der Waals surface area contributed by atoms with Crippen LogP contribution < -0.4 is 5.32 Å². The molecule has 8 heteroatoms. The van der Waals surface area contributed by atoms with Crippen molar-refractivity contribution in [2.24, 2.45) is 11.3 Å². The summed E-state index contributed by atoms with van der Waals surface area (Å²) in [6, 6.07) is 10.6. The summed E-state index contributed by atoms with van der Waals surface area (Å²) in [4.78, 5) is 38.8. The SMILES string of the molecule is CC(C)(C)C1CCC2(CC1)NC(=O)N(CC(=O)OCc1cc(-c3ccccc3)no1)C2=O. The van der Waals surface area contributed by atoms with Gasteiger partial charge in [0, 0.05) is 11.6 Å². The van der Waals surface area contributed by atoms with Gasteiger partial charge in [0.05, 0.1) is 0 Å². The van der Waals surface area contributed by atoms with E-state index in [0.29, 0.717) is 30.2 Å². The van der Waals surface area contributed by atoms with Crippen molar-refractivity contribution in [1.82, 2.24) is 15.4 Å². The number of hydrogen-bond acceptors (Lipinski definition) is 6. The van der Waals surface area contributed by atoms with Crippen molar-refractivity contribution in [3.05, 3.63) is 42.2 Å². The van der Waals surface area contributed by atoms with Crippen LogP contribution in [-0.2, 0) is 20.9 Å². The Kier molecular flexibility index (Phi) is 5.79. The molecule has 0 radical (unpaired) electrons. The number of aromatic nitrogens is 1. The highest BCUT2D eigenvalue weighted by Crippen LogP contribution is 2.43. The maximum absolute atomic E-state index is 13.0. The summed E-state index contributed by atoms with van der Waals surface area (Å²) < 4.78 is 10.4. The topological polar surface area (TPSA) is 102 Å². The Hall–Kier alpha value is -3.16. The molecule has 1 saturated carbocycles. The average Bonchev–Trinajstić information content (AvgIpc) is 3.32. The van der Waals surface area contributed by atoms with Gasteiger partial charge in [-0.1, -0.05) is 56.3 Å². The van der Waals surface area contributed by atoms with Crippen molar-refractivity contribution >= 4 is 17.9 Å². The second-order valence-corrected chi connectivity index (χ2v) is 9.75. The van der Waals surface area contributed by atoms with Crippen LogP contribution in [0.4, 0.5) is 4.79 Å². The molecule has 1 aliphatic heterocycles. The Bertz CT molecular complexity index is 1000. The Balaban J connectivity index is 1.32. The highest BCUT2D eigenvalue weighted by atomic mass is 16.5. The van der Waals surface area contributed by atoms with Gasteiger partial charge >= 0.3 is 12.0 Å². The van der Waals surface area contributed by atoms with E-state index < -0.39 is 24.1 Å². The van der Waals surface area contributed by atoms with Gasteiger partial charge < -0.3 is 14.6 Å². The van der Waals surface area contributed by atoms with E-state index in [0.717, 1.165) is 23.3 Å². The number of esters is 1. The van der Waals surface area contributed by atoms with Crippen molar-refractivity contribution in [1.29, 1.82) is 0 Å². The lowest BCUT2D eigenvalue weighted by Gasteiger charge is -2.40. The monoisotopic (exact) mass is 439 g/mol. The van der Waals surface area contributed by atoms with Gasteiger partial charge in [-0.05, 0) is 37.0 Å². The number of rotatable bonds is 5. The van der Waals surface area contributed by atoms with Crippen LogP contribution >= 0.6 is 0 Å². The fourth-order valence-electron chi connectivity index (χ4n) is 4.59. The molecular weight excluding hydrogens is 410 g/mol. The third kappa shape index (κ3) is 4.40. The van der Waals surface area contributed by atoms with Crippen LogP contribution in [0.25, 0.3) is 11.3 Å². The van der Waals surface area contributed by atoms with Gasteiger partial charge in [0.2, 0.25) is 0 Å². The van der Waals surface area contributed by atoms with Gasteiger partial charge in [-0.2, -0.15) is 0 Å². The number of imide groups is 1. The molecule has 2 heterocycles. The highest BCUT2D eigenvalue weighted by Gasteiger charge is 2.53. The number of ether oxygens (including phenoxy) is 1. The predicted molar refractivity (Wildman–Crippen MR) is 116 cm³/mol. The van der Waals surface area contributed by atoms with E-state index in [2.05, 4.69) is 31.2 Å². The van der Waals surface area contributed by atoms with Crippen LogP contribution in [0.3, 0.4) is 0 Å². The lowest BCUT2D eigenvalue weighted by molar-refractivity contribution is -0.149. The zero-order chi connectivity index (χ0) is 22.9. The van der Waals surface area contributed by atoms with E-state index >= 15 is 0 Å². The quantitative estimate of drug-likeness (QED) is 0.560. The minimum absolute atomic E-state index is 0.124. The van der Waals surface area contributed by atoms with Gasteiger partial charge in [0.1, 0.15) is 17.8 Å². The zero-order valence-corrected chi connectivity index (χ0v) is 18.7. The third-order valence-corrected chi connectivity index (χ3v) is 6.60. The van der Waals surface area contributed by atoms with E-state index in [4.69, 9.17) is 9.26 Å². The molecule has 170 valence electrons. The van der Waals surface area contributed by atoms with Gasteiger partial charge in [0.25, 0.3) is 5.91 Å². The fraction of sp³-hybridized carbons (Fsp3) is 0.500. The summed E-state index contributed by atoms with van der Waals surface area (Å²) in [6.07, 6.45) is 2.91. The second-order valence-electron chi connectivity index (χ2n) is 9.75. The molecule has 2 aliphatic rings. The van der Waals surface area contributed by atoms with Crippen molar-refractivity contribution in [2.45, 2.75) is 58.6 Å². The molecular formula is C24H29N3O5. The summed E-state index contributed by atoms with van der Waals surface area (Å²) >= 11 is 0. The van der Waals surface area contributed by atoms with Crippen molar-refractivity contribution in [2.75, 3.05) is 6.54 Å². The molecule has 1 aromatic carbocycles. The maximum Gasteiger partial charge on any atom is 0.326 e. The summed E-state index contributed by atoms with van der Waals surface area (Å²) in [7, 11) is 0. The van der Waals surface area contributed by atoms with Crippen LogP contribution in [0, 0.1) is 11.3 Å². The number of carbonyl (C=O) groups excluding carboxylic acids is 3. The first kappa shape index (κ1) is 22.0. The summed E-state index contributed by atoms with van der Waals surface area (Å²) in [5.41, 5.74) is 0.796. The van der Waals surface area contributed by atoms with Gasteiger partial charge in [-0.25, -0.2) is 4.79 Å². The smallest absolute Gasteiger partial charge is 0.326 e. The van der Waals surface area contributed by atoms with Crippen LogP contribution in [0.1, 0.15) is 52.2 Å². The molecule has 1 spiro atoms. The van der Waals surface area contributed by atoms with E-state index in [9.17, 15) is 14.4 Å². The lowest BCUT2D eigenvalue weighted by Crippen LogP contribution is -2.50. The van der Waals surface area contributed by atoms with Crippen molar-refractivity contribution in [3.63, 3.8) is 0 Å². The van der Waals surface area contributed by atoms with Crippen molar-refractivity contribution in [3.8, 4) is 11.3 Å². The second kappa shape index (κ2) is 8.41. The molecule has 0 unspecified atom stereocenters. The number of nitrogens with zero attached hydrogens (tertiary/aromatic N) is 2. The Morgan fingerprint density at radius 2 is 1.91 bits per heavy atom. The summed E-state index contributed by atoms with van der Waals surface area (Å²) in [6.45, 7) is 6.05. The van der Waals surface area contributed by atoms with Gasteiger partial charge in [-0.15, -0.1) is 0 Å². The van der Waals surface area contributed by atoms with Crippen LogP contribution in [0.2, 0.25) is 0 Å². The zero-order valence-electron chi connectivity index (χ0n) is 18.7. The largest absolute Gasteiger partial charge is 0.456 e. The highest BCUT2D eigenvalue weighted by molar-refractivity contribution is 6.08. The first-order chi connectivity index (χ1) is 15.2. The molecule has 0 atom stereocenters. The normalized spacial score (nSPS) is 23.5. The molecule has 1 aromatic heterocycles. The number of amides is 3. The molecule has 1 N–H and O–H groups in total. The molecule has 0 bridgehead atoms. The standard InChI is InChI=1S/C24H29N3O5/c1-23(2,3)17-9-11-24(12-10-17)21(29)27(22(30)25-24)14-20(28)31-15-18-13-19(26-32-18)16-7-5-4-6-8-16/h4-8,13,17H,9-12,14-15H2,1-3H3,(H,25,30). The fourth-order valence-corrected chi connectivity index (χ4v) is 4.59. The van der Waals surface area contributed by atoms with E-state index in [1.165, 1.54) is 0 Å². The summed E-state index contributed by atoms with van der Waals surface area (Å²) in [5, 5.41) is 6.82. The third-order valence-electron chi connectivity index (χ3n) is 6.60. The first-order valence-corrected chi connectivity index (χ1v) is 11.0. The van der Waals surface area contributed by atoms with Crippen LogP contribution in [-0.4, -0.2) is 40.0 Å². The molecule has 2 fully saturated rings. The number of nitrogens with one attached hydrogen (secondary N) is 1. The van der Waals surface area contributed by atoms with Crippen molar-refractivity contribution < 1.29 is 23.6 Å². The molecule has 3 amide bonds. The van der Waals surface area contributed by atoms with Gasteiger partial charge in [0.15, 0.2) is 12.4 Å². The molecule has 1 aliphatic carbocycles. The Labute approximate surface area is 187 Å². The Morgan fingerprint density at radius 1 is 1.22 bits per heavy atom. The van der Waals surface area contributed by atoms with E-state index in [-0.39, 0.29) is 17.9 Å². The minimum Gasteiger partial charge on any atom is -0.456 e. The average molecular weight is 440 g/mol. The maximum atomic E-state index is 13.0. The minimum atomic E-state index is -0.894. The van der Waals surface area contributed by atoms with Gasteiger partial charge in [-0.3, -0.25) is 14.5 Å². The lowest BCUT2D eigenvalue weighted by atomic mass is 9.67. The number of hydrogen-bond donors (Lipinski definition) is 1. The van der Waals surface area contributed by atoms with E-state index in [1.54, 1.807) is 6.07 Å². The number of urea groups is 1. The van der Waals surface area contributed by atoms with Crippen LogP contribution in [0.15, 0.2) is 40.9 Å². The molecule has 4 rings (SSSR count). The molecule has 2 aromatic rings. The number of benzene rings is 1. The summed E-state index contributed by atoms with van der Waals surface area (Å²) in [5.74, 6) is -0.129. The molecule has 1 saturated heterocycles.